The average molecular weight is 237 g/mol. The maximum absolute atomic E-state index is 6.11. The number of hydrogen-bond donors (Lipinski definition) is 1. The Balaban J connectivity index is 2.13. The van der Waals surface area contributed by atoms with Crippen molar-refractivity contribution in [3.8, 4) is 0 Å². The van der Waals surface area contributed by atoms with Crippen LogP contribution in [0.5, 0.6) is 0 Å². The molecule has 2 N–H and O–H groups in total. The van der Waals surface area contributed by atoms with Crippen molar-refractivity contribution in [2.45, 2.75) is 38.8 Å². The molecule has 0 saturated heterocycles. The van der Waals surface area contributed by atoms with Gasteiger partial charge in [-0.15, -0.1) is 0 Å². The fraction of sp³-hybridized carbons (Fsp3) is 0.571. The van der Waals surface area contributed by atoms with Gasteiger partial charge in [-0.2, -0.15) is 0 Å². The molecule has 0 amide bonds. The van der Waals surface area contributed by atoms with Crippen LogP contribution in [-0.2, 0) is 16.1 Å². The van der Waals surface area contributed by atoms with E-state index in [4.69, 9.17) is 15.2 Å². The monoisotopic (exact) mass is 237 g/mol. The first-order chi connectivity index (χ1) is 8.20. The molecule has 1 aromatic rings. The molecule has 0 saturated carbocycles. The summed E-state index contributed by atoms with van der Waals surface area (Å²) in [6.07, 6.45) is 1.84. The summed E-state index contributed by atoms with van der Waals surface area (Å²) in [7, 11) is 0. The quantitative estimate of drug-likeness (QED) is 0.558. The summed E-state index contributed by atoms with van der Waals surface area (Å²) < 4.78 is 10.9. The first-order valence-corrected chi connectivity index (χ1v) is 6.18. The standard InChI is InChI=1S/C14H23NO2/c1-3-14(15,4-2)11-17-12-16-10-13-8-6-5-7-9-13/h5-9H,3-4,10-12,15H2,1-2H3. The van der Waals surface area contributed by atoms with Crippen molar-refractivity contribution in [2.24, 2.45) is 5.73 Å². The first-order valence-electron chi connectivity index (χ1n) is 6.18. The minimum Gasteiger partial charge on any atom is -0.354 e. The fourth-order valence-electron chi connectivity index (χ4n) is 1.49. The van der Waals surface area contributed by atoms with Gasteiger partial charge in [-0.1, -0.05) is 44.2 Å². The Morgan fingerprint density at radius 3 is 2.29 bits per heavy atom. The van der Waals surface area contributed by atoms with E-state index in [0.717, 1.165) is 18.4 Å². The average Bonchev–Trinajstić information content (AvgIpc) is 2.39. The topological polar surface area (TPSA) is 44.5 Å². The molecule has 1 aromatic carbocycles. The molecule has 0 bridgehead atoms. The van der Waals surface area contributed by atoms with Gasteiger partial charge < -0.3 is 15.2 Å². The second kappa shape index (κ2) is 7.43. The number of nitrogens with two attached hydrogens (primary N) is 1. The molecule has 0 unspecified atom stereocenters. The van der Waals surface area contributed by atoms with Crippen LogP contribution in [0, 0.1) is 0 Å². The molecular weight excluding hydrogens is 214 g/mol. The summed E-state index contributed by atoms with van der Waals surface area (Å²) in [6.45, 7) is 5.59. The number of hydrogen-bond acceptors (Lipinski definition) is 3. The van der Waals surface area contributed by atoms with E-state index in [1.807, 2.05) is 30.3 Å². The Labute approximate surface area is 104 Å². The summed E-state index contributed by atoms with van der Waals surface area (Å²) in [6, 6.07) is 10.1. The van der Waals surface area contributed by atoms with Gasteiger partial charge >= 0.3 is 0 Å². The van der Waals surface area contributed by atoms with Gasteiger partial charge in [0, 0.05) is 5.54 Å². The van der Waals surface area contributed by atoms with E-state index < -0.39 is 0 Å². The van der Waals surface area contributed by atoms with E-state index in [9.17, 15) is 0 Å². The zero-order valence-corrected chi connectivity index (χ0v) is 10.8. The van der Waals surface area contributed by atoms with Crippen molar-refractivity contribution in [1.82, 2.24) is 0 Å². The van der Waals surface area contributed by atoms with Crippen molar-refractivity contribution >= 4 is 0 Å². The van der Waals surface area contributed by atoms with E-state index in [1.54, 1.807) is 0 Å². The van der Waals surface area contributed by atoms with Crippen LogP contribution < -0.4 is 5.73 Å². The van der Waals surface area contributed by atoms with Crippen LogP contribution >= 0.6 is 0 Å². The number of benzene rings is 1. The van der Waals surface area contributed by atoms with Crippen molar-refractivity contribution in [2.75, 3.05) is 13.4 Å². The van der Waals surface area contributed by atoms with E-state index in [1.165, 1.54) is 0 Å². The van der Waals surface area contributed by atoms with Crippen molar-refractivity contribution in [3.63, 3.8) is 0 Å². The molecule has 0 aromatic heterocycles. The fourth-order valence-corrected chi connectivity index (χ4v) is 1.49. The van der Waals surface area contributed by atoms with Crippen LogP contribution in [-0.4, -0.2) is 18.9 Å². The Bertz CT molecular complexity index is 296. The van der Waals surface area contributed by atoms with Gasteiger partial charge in [0.1, 0.15) is 6.79 Å². The Hall–Kier alpha value is -0.900. The summed E-state index contributed by atoms with van der Waals surface area (Å²) in [5.41, 5.74) is 7.05. The molecule has 0 aliphatic heterocycles. The lowest BCUT2D eigenvalue weighted by atomic mass is 9.96. The Kier molecular flexibility index (Phi) is 6.19. The lowest BCUT2D eigenvalue weighted by molar-refractivity contribution is -0.0761. The van der Waals surface area contributed by atoms with E-state index in [2.05, 4.69) is 13.8 Å². The summed E-state index contributed by atoms with van der Waals surface area (Å²) in [4.78, 5) is 0. The normalized spacial score (nSPS) is 11.7. The molecule has 0 aliphatic carbocycles. The zero-order valence-electron chi connectivity index (χ0n) is 10.8. The number of ether oxygens (including phenoxy) is 2. The van der Waals surface area contributed by atoms with Gasteiger partial charge in [-0.25, -0.2) is 0 Å². The third-order valence-electron chi connectivity index (χ3n) is 3.08. The minimum atomic E-state index is -0.212. The molecular formula is C14H23NO2. The molecule has 3 nitrogen and oxygen atoms in total. The lowest BCUT2D eigenvalue weighted by Gasteiger charge is -2.26. The minimum absolute atomic E-state index is 0.212. The predicted octanol–water partition coefficient (Wildman–Crippen LogP) is 2.69. The highest BCUT2D eigenvalue weighted by atomic mass is 16.7. The van der Waals surface area contributed by atoms with Crippen LogP contribution in [0.25, 0.3) is 0 Å². The summed E-state index contributed by atoms with van der Waals surface area (Å²) in [5, 5.41) is 0. The summed E-state index contributed by atoms with van der Waals surface area (Å²) >= 11 is 0. The van der Waals surface area contributed by atoms with E-state index in [-0.39, 0.29) is 5.54 Å². The molecule has 0 aliphatic rings. The second-order valence-corrected chi connectivity index (χ2v) is 4.37. The highest BCUT2D eigenvalue weighted by Gasteiger charge is 2.19. The lowest BCUT2D eigenvalue weighted by Crippen LogP contribution is -2.43. The molecule has 0 atom stereocenters. The van der Waals surface area contributed by atoms with Gasteiger partial charge in [0.05, 0.1) is 13.2 Å². The smallest absolute Gasteiger partial charge is 0.147 e. The predicted molar refractivity (Wildman–Crippen MR) is 69.6 cm³/mol. The molecule has 0 fully saturated rings. The highest BCUT2D eigenvalue weighted by molar-refractivity contribution is 5.13. The zero-order chi connectivity index (χ0) is 12.6. The summed E-state index contributed by atoms with van der Waals surface area (Å²) in [5.74, 6) is 0. The number of rotatable bonds is 8. The van der Waals surface area contributed by atoms with Gasteiger partial charge in [-0.3, -0.25) is 0 Å². The first kappa shape index (κ1) is 14.2. The van der Waals surface area contributed by atoms with Crippen LogP contribution in [0.15, 0.2) is 30.3 Å². The molecule has 1 rings (SSSR count). The van der Waals surface area contributed by atoms with Crippen LogP contribution in [0.3, 0.4) is 0 Å². The SMILES string of the molecule is CCC(N)(CC)COCOCc1ccccc1. The Morgan fingerprint density at radius 2 is 1.71 bits per heavy atom. The third kappa shape index (κ3) is 5.31. The van der Waals surface area contributed by atoms with Gasteiger partial charge in [0.25, 0.3) is 0 Å². The maximum Gasteiger partial charge on any atom is 0.147 e. The van der Waals surface area contributed by atoms with Crippen molar-refractivity contribution < 1.29 is 9.47 Å². The molecule has 0 spiro atoms. The molecule has 0 radical (unpaired) electrons. The van der Waals surface area contributed by atoms with Crippen LogP contribution in [0.4, 0.5) is 0 Å². The van der Waals surface area contributed by atoms with Crippen LogP contribution in [0.2, 0.25) is 0 Å². The maximum atomic E-state index is 6.11. The van der Waals surface area contributed by atoms with Crippen molar-refractivity contribution in [1.29, 1.82) is 0 Å². The van der Waals surface area contributed by atoms with E-state index in [0.29, 0.717) is 20.0 Å². The van der Waals surface area contributed by atoms with Crippen LogP contribution in [0.1, 0.15) is 32.3 Å². The highest BCUT2D eigenvalue weighted by Crippen LogP contribution is 2.11. The molecule has 3 heteroatoms. The molecule has 96 valence electrons. The third-order valence-corrected chi connectivity index (χ3v) is 3.08. The van der Waals surface area contributed by atoms with E-state index >= 15 is 0 Å². The molecule has 17 heavy (non-hydrogen) atoms. The van der Waals surface area contributed by atoms with Gasteiger partial charge in [-0.05, 0) is 18.4 Å². The Morgan fingerprint density at radius 1 is 1.06 bits per heavy atom. The molecule has 0 heterocycles. The van der Waals surface area contributed by atoms with Gasteiger partial charge in [0.2, 0.25) is 0 Å². The largest absolute Gasteiger partial charge is 0.354 e. The van der Waals surface area contributed by atoms with Gasteiger partial charge in [0.15, 0.2) is 0 Å². The second-order valence-electron chi connectivity index (χ2n) is 4.37. The van der Waals surface area contributed by atoms with Crippen molar-refractivity contribution in [3.05, 3.63) is 35.9 Å².